The molecule has 0 radical (unpaired) electrons. The number of rotatable bonds is 3. The maximum absolute atomic E-state index is 9.44. The molecular formula is C12H25Cl3O3. The van der Waals surface area contributed by atoms with E-state index >= 15 is 0 Å². The highest BCUT2D eigenvalue weighted by Gasteiger charge is 1.79. The van der Waals surface area contributed by atoms with Gasteiger partial charge in [-0.3, -0.25) is 4.79 Å². The van der Waals surface area contributed by atoms with Crippen LogP contribution in [0, 0.1) is 0 Å². The highest BCUT2D eigenvalue weighted by atomic mass is 35.6. The molecule has 0 amide bonds. The Kier molecular flexibility index (Phi) is 38.0. The van der Waals surface area contributed by atoms with Gasteiger partial charge < -0.3 is 9.90 Å². The largest absolute Gasteiger partial charge is 0.481 e. The third-order valence-electron chi connectivity index (χ3n) is 0.957. The first-order chi connectivity index (χ1) is 8.11. The summed E-state index contributed by atoms with van der Waals surface area (Å²) in [6, 6.07) is 0. The second-order valence-electron chi connectivity index (χ2n) is 3.38. The first-order valence-corrected chi connectivity index (χ1v) is 7.01. The van der Waals surface area contributed by atoms with E-state index in [0.717, 1.165) is 6.92 Å². The summed E-state index contributed by atoms with van der Waals surface area (Å²) in [5.74, 6) is -0.667. The zero-order valence-electron chi connectivity index (χ0n) is 11.8. The average Bonchev–Trinajstić information content (AvgIpc) is 2.11. The number of carboxylic acid groups (broad SMARTS) is 1. The van der Waals surface area contributed by atoms with Crippen LogP contribution in [-0.4, -0.2) is 21.2 Å². The topological polar surface area (TPSA) is 54.4 Å². The number of carbonyl (C=O) groups is 2. The van der Waals surface area contributed by atoms with E-state index in [1.165, 1.54) is 39.5 Å². The highest BCUT2D eigenvalue weighted by molar-refractivity contribution is 6.63. The van der Waals surface area contributed by atoms with E-state index in [0.29, 0.717) is 0 Å². The first-order valence-electron chi connectivity index (χ1n) is 5.70. The van der Waals surface area contributed by atoms with Crippen molar-refractivity contribution in [3.8, 4) is 0 Å². The van der Waals surface area contributed by atoms with Crippen LogP contribution in [0.1, 0.15) is 60.3 Å². The van der Waals surface area contributed by atoms with Crippen molar-refractivity contribution in [3.05, 3.63) is 0 Å². The summed E-state index contributed by atoms with van der Waals surface area (Å²) in [5, 5.41) is 7.42. The molecule has 0 aromatic heterocycles. The summed E-state index contributed by atoms with van der Waals surface area (Å²) in [6.07, 6.45) is 5.54. The molecule has 0 aliphatic carbocycles. The lowest BCUT2D eigenvalue weighted by atomic mass is 10.2. The van der Waals surface area contributed by atoms with Gasteiger partial charge in [-0.1, -0.05) is 74.3 Å². The fraction of sp³-hybridized carbons (Fsp3) is 0.833. The minimum absolute atomic E-state index is 0.167. The van der Waals surface area contributed by atoms with Crippen LogP contribution >= 0.6 is 34.8 Å². The Labute approximate surface area is 126 Å². The number of carboxylic acids is 1. The second-order valence-corrected chi connectivity index (χ2v) is 5.36. The van der Waals surface area contributed by atoms with Crippen molar-refractivity contribution in [1.82, 2.24) is 0 Å². The van der Waals surface area contributed by atoms with Crippen molar-refractivity contribution in [2.24, 2.45) is 0 Å². The SMILES string of the molecule is CC(=O)O.CC(C)=O.CCCCCC.ClC(Cl)Cl. The van der Waals surface area contributed by atoms with Gasteiger partial charge in [0.05, 0.1) is 0 Å². The highest BCUT2D eigenvalue weighted by Crippen LogP contribution is 2.03. The van der Waals surface area contributed by atoms with E-state index in [-0.39, 0.29) is 5.78 Å². The van der Waals surface area contributed by atoms with Gasteiger partial charge in [0.1, 0.15) is 5.78 Å². The van der Waals surface area contributed by atoms with Crippen molar-refractivity contribution in [2.45, 2.75) is 64.6 Å². The number of hydrogen-bond acceptors (Lipinski definition) is 2. The number of halogens is 3. The van der Waals surface area contributed by atoms with Gasteiger partial charge in [0.2, 0.25) is 0 Å². The minimum Gasteiger partial charge on any atom is -0.481 e. The molecule has 0 unspecified atom stereocenters. The molecular weight excluding hydrogens is 298 g/mol. The summed E-state index contributed by atoms with van der Waals surface area (Å²) < 4.78 is -0.750. The standard InChI is InChI=1S/C6H14.C3H6O.C2H4O2.CHCl3/c1-3-5-6-4-2;1-3(2)4;1-2(3)4;2-1(3)4/h3-6H2,1-2H3;1-2H3;1H3,(H,3,4);1H. The molecule has 1 N–H and O–H groups in total. The third-order valence-corrected chi connectivity index (χ3v) is 0.957. The van der Waals surface area contributed by atoms with E-state index in [1.54, 1.807) is 0 Å². The Balaban J connectivity index is -0.0000000742. The summed E-state index contributed by atoms with van der Waals surface area (Å²) in [7, 11) is 0. The van der Waals surface area contributed by atoms with Gasteiger partial charge in [0.25, 0.3) is 5.97 Å². The molecule has 0 saturated heterocycles. The Hall–Kier alpha value is 0.01000. The molecule has 0 fully saturated rings. The summed E-state index contributed by atoms with van der Waals surface area (Å²) >= 11 is 14.4. The number of ketones is 1. The minimum atomic E-state index is -0.833. The molecule has 6 heteroatoms. The van der Waals surface area contributed by atoms with Gasteiger partial charge in [-0.05, 0) is 13.8 Å². The van der Waals surface area contributed by atoms with Crippen LogP contribution in [0.3, 0.4) is 0 Å². The zero-order chi connectivity index (χ0) is 15.6. The van der Waals surface area contributed by atoms with Crippen molar-refractivity contribution in [1.29, 1.82) is 0 Å². The van der Waals surface area contributed by atoms with Crippen LogP contribution in [-0.2, 0) is 9.59 Å². The Morgan fingerprint density at radius 3 is 1.11 bits per heavy atom. The zero-order valence-corrected chi connectivity index (χ0v) is 14.1. The molecule has 18 heavy (non-hydrogen) atoms. The van der Waals surface area contributed by atoms with Gasteiger partial charge in [0, 0.05) is 6.92 Å². The summed E-state index contributed by atoms with van der Waals surface area (Å²) in [6.45, 7) is 8.60. The molecule has 0 aromatic rings. The number of Topliss-reactive ketones (excluding diaryl/α,β-unsaturated/α-hetero) is 1. The molecule has 0 heterocycles. The van der Waals surface area contributed by atoms with Gasteiger partial charge in [-0.25, -0.2) is 0 Å². The van der Waals surface area contributed by atoms with E-state index < -0.39 is 10.3 Å². The molecule has 0 bridgehead atoms. The Bertz CT molecular complexity index is 147. The predicted octanol–water partition coefficient (Wildman–Crippen LogP) is 5.26. The van der Waals surface area contributed by atoms with E-state index in [4.69, 9.17) is 44.7 Å². The fourth-order valence-corrected chi connectivity index (χ4v) is 0.500. The normalized spacial score (nSPS) is 7.83. The summed E-state index contributed by atoms with van der Waals surface area (Å²) in [5.41, 5.74) is 0. The molecule has 0 atom stereocenters. The van der Waals surface area contributed by atoms with Crippen LogP contribution < -0.4 is 0 Å². The lowest BCUT2D eigenvalue weighted by molar-refractivity contribution is -0.134. The maximum Gasteiger partial charge on any atom is 0.300 e. The summed E-state index contributed by atoms with van der Waals surface area (Å²) in [4.78, 5) is 18.4. The van der Waals surface area contributed by atoms with Crippen molar-refractivity contribution >= 4 is 46.6 Å². The Morgan fingerprint density at radius 1 is 0.944 bits per heavy atom. The number of aliphatic carboxylic acids is 1. The lowest BCUT2D eigenvalue weighted by Crippen LogP contribution is -1.78. The van der Waals surface area contributed by atoms with Gasteiger partial charge >= 0.3 is 0 Å². The number of unbranched alkanes of at least 4 members (excludes halogenated alkanes) is 3. The molecule has 0 aliphatic heterocycles. The van der Waals surface area contributed by atoms with Crippen molar-refractivity contribution in [2.75, 3.05) is 0 Å². The third kappa shape index (κ3) is 398. The molecule has 112 valence electrons. The first kappa shape index (κ1) is 26.5. The van der Waals surface area contributed by atoms with Crippen molar-refractivity contribution < 1.29 is 14.7 Å². The monoisotopic (exact) mass is 322 g/mol. The lowest BCUT2D eigenvalue weighted by Gasteiger charge is -1.86. The van der Waals surface area contributed by atoms with Crippen LogP contribution in [0.4, 0.5) is 0 Å². The quantitative estimate of drug-likeness (QED) is 0.569. The van der Waals surface area contributed by atoms with Crippen LogP contribution in [0.15, 0.2) is 0 Å². The fourth-order valence-electron chi connectivity index (χ4n) is 0.500. The van der Waals surface area contributed by atoms with Crippen LogP contribution in [0.5, 0.6) is 0 Å². The number of hydrogen-bond donors (Lipinski definition) is 1. The Morgan fingerprint density at radius 2 is 1.06 bits per heavy atom. The van der Waals surface area contributed by atoms with Gasteiger partial charge in [-0.15, -0.1) is 0 Å². The molecule has 0 rings (SSSR count). The van der Waals surface area contributed by atoms with Crippen LogP contribution in [0.2, 0.25) is 0 Å². The van der Waals surface area contributed by atoms with E-state index in [2.05, 4.69) is 13.8 Å². The molecule has 0 aromatic carbocycles. The van der Waals surface area contributed by atoms with E-state index in [9.17, 15) is 4.79 Å². The number of carbonyl (C=O) groups excluding carboxylic acids is 1. The van der Waals surface area contributed by atoms with Gasteiger partial charge in [0.15, 0.2) is 4.30 Å². The molecule has 3 nitrogen and oxygen atoms in total. The molecule has 0 aliphatic rings. The average molecular weight is 324 g/mol. The van der Waals surface area contributed by atoms with E-state index in [1.807, 2.05) is 0 Å². The number of alkyl halides is 3. The molecule has 0 spiro atoms. The maximum atomic E-state index is 9.44. The van der Waals surface area contributed by atoms with Crippen molar-refractivity contribution in [3.63, 3.8) is 0 Å². The molecule has 0 saturated carbocycles. The second kappa shape index (κ2) is 25.8. The predicted molar refractivity (Wildman–Crippen MR) is 80.8 cm³/mol. The van der Waals surface area contributed by atoms with Gasteiger partial charge in [-0.2, -0.15) is 0 Å². The van der Waals surface area contributed by atoms with Crippen LogP contribution in [0.25, 0.3) is 0 Å². The smallest absolute Gasteiger partial charge is 0.300 e.